The minimum absolute atomic E-state index is 0.0898. The van der Waals surface area contributed by atoms with Crippen molar-refractivity contribution in [2.75, 3.05) is 13.2 Å². The highest BCUT2D eigenvalue weighted by atomic mass is 32.1. The van der Waals surface area contributed by atoms with E-state index in [0.29, 0.717) is 29.0 Å². The van der Waals surface area contributed by atoms with Gasteiger partial charge in [0.1, 0.15) is 5.82 Å². The number of benzene rings is 1. The molecule has 5 heteroatoms. The number of rotatable bonds is 2. The van der Waals surface area contributed by atoms with Gasteiger partial charge in [-0.25, -0.2) is 4.39 Å². The number of hydrogen-bond donors (Lipinski definition) is 1. The first-order valence-corrected chi connectivity index (χ1v) is 6.54. The molecule has 0 aliphatic carbocycles. The molecule has 0 unspecified atom stereocenters. The Morgan fingerprint density at radius 2 is 2.28 bits per heavy atom. The van der Waals surface area contributed by atoms with Crippen LogP contribution < -0.4 is 5.32 Å². The molecule has 1 fully saturated rings. The molecule has 94 valence electrons. The number of thiophene rings is 1. The summed E-state index contributed by atoms with van der Waals surface area (Å²) in [5.74, 6) is -0.409. The zero-order valence-corrected chi connectivity index (χ0v) is 10.6. The van der Waals surface area contributed by atoms with E-state index in [2.05, 4.69) is 5.32 Å². The van der Waals surface area contributed by atoms with E-state index in [1.54, 1.807) is 13.0 Å². The third-order valence-corrected chi connectivity index (χ3v) is 4.34. The van der Waals surface area contributed by atoms with Crippen molar-refractivity contribution in [3.63, 3.8) is 0 Å². The fourth-order valence-corrected chi connectivity index (χ4v) is 3.17. The number of carbonyl (C=O) groups is 1. The van der Waals surface area contributed by atoms with Crippen LogP contribution in [0.4, 0.5) is 4.39 Å². The van der Waals surface area contributed by atoms with Gasteiger partial charge in [-0.1, -0.05) is 6.07 Å². The van der Waals surface area contributed by atoms with Crippen LogP contribution in [0.25, 0.3) is 10.1 Å². The lowest BCUT2D eigenvalue weighted by molar-refractivity contribution is -0.00339. The molecule has 0 radical (unpaired) electrons. The van der Waals surface area contributed by atoms with E-state index in [9.17, 15) is 9.18 Å². The van der Waals surface area contributed by atoms with E-state index in [0.717, 1.165) is 4.70 Å². The van der Waals surface area contributed by atoms with E-state index in [1.807, 2.05) is 6.07 Å². The molecular weight excluding hydrogens is 253 g/mol. The summed E-state index contributed by atoms with van der Waals surface area (Å²) in [5, 5.41) is 3.43. The number of amides is 1. The SMILES string of the molecule is Cc1c(C(=O)NC2COC2)sc2cccc(F)c12. The number of fused-ring (bicyclic) bond motifs is 1. The summed E-state index contributed by atoms with van der Waals surface area (Å²) in [6, 6.07) is 5.00. The Labute approximate surface area is 108 Å². The van der Waals surface area contributed by atoms with E-state index in [1.165, 1.54) is 17.4 Å². The van der Waals surface area contributed by atoms with Gasteiger partial charge in [0.2, 0.25) is 0 Å². The van der Waals surface area contributed by atoms with Crippen LogP contribution in [0.1, 0.15) is 15.2 Å². The van der Waals surface area contributed by atoms with E-state index < -0.39 is 0 Å². The fourth-order valence-electron chi connectivity index (χ4n) is 2.04. The lowest BCUT2D eigenvalue weighted by Crippen LogP contribution is -2.48. The number of ether oxygens (including phenoxy) is 1. The summed E-state index contributed by atoms with van der Waals surface area (Å²) in [6.45, 7) is 2.90. The van der Waals surface area contributed by atoms with E-state index >= 15 is 0 Å². The van der Waals surface area contributed by atoms with Gasteiger partial charge < -0.3 is 10.1 Å². The van der Waals surface area contributed by atoms with Crippen molar-refractivity contribution in [2.24, 2.45) is 0 Å². The summed E-state index contributed by atoms with van der Waals surface area (Å²) in [7, 11) is 0. The second-order valence-electron chi connectivity index (χ2n) is 4.38. The Morgan fingerprint density at radius 1 is 1.50 bits per heavy atom. The van der Waals surface area contributed by atoms with Crippen LogP contribution in [0.3, 0.4) is 0 Å². The van der Waals surface area contributed by atoms with Crippen LogP contribution in [0.2, 0.25) is 0 Å². The van der Waals surface area contributed by atoms with Crippen molar-refractivity contribution in [2.45, 2.75) is 13.0 Å². The number of carbonyl (C=O) groups excluding carboxylic acids is 1. The zero-order valence-electron chi connectivity index (χ0n) is 9.83. The molecule has 0 spiro atoms. The van der Waals surface area contributed by atoms with Crippen molar-refractivity contribution in [3.05, 3.63) is 34.5 Å². The van der Waals surface area contributed by atoms with E-state index in [-0.39, 0.29) is 17.8 Å². The summed E-state index contributed by atoms with van der Waals surface area (Å²) in [5.41, 5.74) is 0.714. The van der Waals surface area contributed by atoms with E-state index in [4.69, 9.17) is 4.74 Å². The van der Waals surface area contributed by atoms with Crippen LogP contribution in [0, 0.1) is 12.7 Å². The molecule has 1 amide bonds. The van der Waals surface area contributed by atoms with Gasteiger partial charge in [-0.05, 0) is 24.6 Å². The van der Waals surface area contributed by atoms with Crippen molar-refractivity contribution in [1.82, 2.24) is 5.32 Å². The first kappa shape index (κ1) is 11.6. The fraction of sp³-hybridized carbons (Fsp3) is 0.308. The third-order valence-electron chi connectivity index (χ3n) is 3.08. The smallest absolute Gasteiger partial charge is 0.262 e. The Hall–Kier alpha value is -1.46. The van der Waals surface area contributed by atoms with Gasteiger partial charge in [-0.15, -0.1) is 11.3 Å². The maximum Gasteiger partial charge on any atom is 0.262 e. The first-order chi connectivity index (χ1) is 8.66. The standard InChI is InChI=1S/C13H12FNO2S/c1-7-11-9(14)3-2-4-10(11)18-12(7)13(16)15-8-5-17-6-8/h2-4,8H,5-6H2,1H3,(H,15,16). The van der Waals surface area contributed by atoms with Gasteiger partial charge in [0.15, 0.2) is 0 Å². The molecule has 18 heavy (non-hydrogen) atoms. The maximum absolute atomic E-state index is 13.7. The number of aryl methyl sites for hydroxylation is 1. The van der Waals surface area contributed by atoms with Gasteiger partial charge in [0.25, 0.3) is 5.91 Å². The molecule has 3 rings (SSSR count). The second-order valence-corrected chi connectivity index (χ2v) is 5.43. The predicted octanol–water partition coefficient (Wildman–Crippen LogP) is 2.48. The Kier molecular flexibility index (Phi) is 2.80. The van der Waals surface area contributed by atoms with Gasteiger partial charge in [-0.3, -0.25) is 4.79 Å². The Bertz CT molecular complexity index is 619. The summed E-state index contributed by atoms with van der Waals surface area (Å²) >= 11 is 1.33. The molecule has 1 aliphatic rings. The van der Waals surface area contributed by atoms with Gasteiger partial charge >= 0.3 is 0 Å². The summed E-state index contributed by atoms with van der Waals surface area (Å²) in [4.78, 5) is 12.7. The monoisotopic (exact) mass is 265 g/mol. The highest BCUT2D eigenvalue weighted by molar-refractivity contribution is 7.21. The maximum atomic E-state index is 13.7. The zero-order chi connectivity index (χ0) is 12.7. The third kappa shape index (κ3) is 1.79. The number of hydrogen-bond acceptors (Lipinski definition) is 3. The molecule has 0 saturated carbocycles. The number of nitrogens with one attached hydrogen (secondary N) is 1. The van der Waals surface area contributed by atoms with Crippen molar-refractivity contribution >= 4 is 27.3 Å². The van der Waals surface area contributed by atoms with Gasteiger partial charge in [-0.2, -0.15) is 0 Å². The van der Waals surface area contributed by atoms with Crippen molar-refractivity contribution in [1.29, 1.82) is 0 Å². The molecule has 1 aliphatic heterocycles. The molecule has 2 aromatic rings. The summed E-state index contributed by atoms with van der Waals surface area (Å²) in [6.07, 6.45) is 0. The predicted molar refractivity (Wildman–Crippen MR) is 68.6 cm³/mol. The molecule has 1 N–H and O–H groups in total. The lowest BCUT2D eigenvalue weighted by atomic mass is 10.1. The average Bonchev–Trinajstić information content (AvgIpc) is 2.63. The molecule has 2 heterocycles. The Morgan fingerprint density at radius 3 is 2.89 bits per heavy atom. The van der Waals surface area contributed by atoms with Crippen LogP contribution in [0.15, 0.2) is 18.2 Å². The summed E-state index contributed by atoms with van der Waals surface area (Å²) < 4.78 is 19.5. The molecular formula is C13H12FNO2S. The van der Waals surface area contributed by atoms with Crippen molar-refractivity contribution < 1.29 is 13.9 Å². The largest absolute Gasteiger partial charge is 0.377 e. The normalized spacial score (nSPS) is 15.7. The highest BCUT2D eigenvalue weighted by Gasteiger charge is 2.24. The molecule has 1 aromatic carbocycles. The quantitative estimate of drug-likeness (QED) is 0.906. The molecule has 3 nitrogen and oxygen atoms in total. The second kappa shape index (κ2) is 4.33. The van der Waals surface area contributed by atoms with Crippen LogP contribution in [-0.2, 0) is 4.74 Å². The first-order valence-electron chi connectivity index (χ1n) is 5.73. The minimum Gasteiger partial charge on any atom is -0.377 e. The van der Waals surface area contributed by atoms with Gasteiger partial charge in [0.05, 0.1) is 24.1 Å². The lowest BCUT2D eigenvalue weighted by Gasteiger charge is -2.26. The molecule has 0 atom stereocenters. The topological polar surface area (TPSA) is 38.3 Å². The molecule has 1 aromatic heterocycles. The Balaban J connectivity index is 1.98. The van der Waals surface area contributed by atoms with Crippen molar-refractivity contribution in [3.8, 4) is 0 Å². The van der Waals surface area contributed by atoms with Crippen LogP contribution >= 0.6 is 11.3 Å². The number of halogens is 1. The average molecular weight is 265 g/mol. The molecule has 0 bridgehead atoms. The highest BCUT2D eigenvalue weighted by Crippen LogP contribution is 2.32. The van der Waals surface area contributed by atoms with Crippen LogP contribution in [-0.4, -0.2) is 25.2 Å². The molecule has 1 saturated heterocycles. The van der Waals surface area contributed by atoms with Gasteiger partial charge in [0, 0.05) is 10.1 Å². The minimum atomic E-state index is -0.271. The van der Waals surface area contributed by atoms with Crippen LogP contribution in [0.5, 0.6) is 0 Å².